The van der Waals surface area contributed by atoms with Crippen molar-refractivity contribution in [3.8, 4) is 5.75 Å². The Balaban J connectivity index is 1.92. The largest absolute Gasteiger partial charge is 0.482 e. The zero-order valence-electron chi connectivity index (χ0n) is 11.9. The zero-order chi connectivity index (χ0) is 14.7. The highest BCUT2D eigenvalue weighted by Crippen LogP contribution is 2.32. The van der Waals surface area contributed by atoms with Crippen LogP contribution in [0.25, 0.3) is 0 Å². The van der Waals surface area contributed by atoms with Crippen molar-refractivity contribution < 1.29 is 13.9 Å². The molecule has 0 bridgehead atoms. The van der Waals surface area contributed by atoms with E-state index in [4.69, 9.17) is 9.15 Å². The third-order valence-electron chi connectivity index (χ3n) is 3.44. The van der Waals surface area contributed by atoms with Gasteiger partial charge in [-0.2, -0.15) is 0 Å². The van der Waals surface area contributed by atoms with Crippen LogP contribution in [0.3, 0.4) is 0 Å². The number of furan rings is 1. The molecule has 3 rings (SSSR count). The van der Waals surface area contributed by atoms with Crippen LogP contribution in [0.2, 0.25) is 0 Å². The molecule has 21 heavy (non-hydrogen) atoms. The van der Waals surface area contributed by atoms with Gasteiger partial charge in [0.15, 0.2) is 6.61 Å². The summed E-state index contributed by atoms with van der Waals surface area (Å²) in [7, 11) is 0. The first-order chi connectivity index (χ1) is 10.3. The van der Waals surface area contributed by atoms with Gasteiger partial charge in [-0.3, -0.25) is 4.79 Å². The van der Waals surface area contributed by atoms with Gasteiger partial charge in [0.2, 0.25) is 0 Å². The van der Waals surface area contributed by atoms with Crippen molar-refractivity contribution in [1.82, 2.24) is 5.32 Å². The van der Waals surface area contributed by atoms with Gasteiger partial charge in [-0.1, -0.05) is 13.0 Å². The number of anilines is 1. The van der Waals surface area contributed by atoms with Crippen LogP contribution < -0.4 is 15.4 Å². The summed E-state index contributed by atoms with van der Waals surface area (Å²) in [5.41, 5.74) is 2.84. The highest BCUT2D eigenvalue weighted by molar-refractivity contribution is 5.95. The van der Waals surface area contributed by atoms with E-state index >= 15 is 0 Å². The van der Waals surface area contributed by atoms with Gasteiger partial charge in [0.05, 0.1) is 24.3 Å². The van der Waals surface area contributed by atoms with Crippen molar-refractivity contribution >= 4 is 11.6 Å². The van der Waals surface area contributed by atoms with E-state index in [0.717, 1.165) is 29.8 Å². The number of fused-ring (bicyclic) bond motifs is 1. The van der Waals surface area contributed by atoms with Crippen molar-refractivity contribution in [2.45, 2.75) is 19.4 Å². The maximum atomic E-state index is 11.4. The minimum absolute atomic E-state index is 0.0350. The van der Waals surface area contributed by atoms with Crippen LogP contribution in [-0.4, -0.2) is 19.1 Å². The molecule has 110 valence electrons. The first-order valence-corrected chi connectivity index (χ1v) is 7.10. The molecule has 2 N–H and O–H groups in total. The predicted octanol–water partition coefficient (Wildman–Crippen LogP) is 2.70. The van der Waals surface area contributed by atoms with E-state index in [1.807, 2.05) is 24.3 Å². The zero-order valence-corrected chi connectivity index (χ0v) is 11.9. The third-order valence-corrected chi connectivity index (χ3v) is 3.44. The molecule has 2 heterocycles. The molecule has 1 unspecified atom stereocenters. The average molecular weight is 286 g/mol. The molecule has 5 nitrogen and oxygen atoms in total. The Morgan fingerprint density at radius 2 is 2.24 bits per heavy atom. The Hall–Kier alpha value is -2.27. The van der Waals surface area contributed by atoms with Crippen molar-refractivity contribution in [2.24, 2.45) is 0 Å². The molecular formula is C16H18N2O3. The molecule has 0 saturated heterocycles. The number of ether oxygens (including phenoxy) is 1. The summed E-state index contributed by atoms with van der Waals surface area (Å²) < 4.78 is 10.6. The summed E-state index contributed by atoms with van der Waals surface area (Å²) in [4.78, 5) is 11.4. The molecule has 5 heteroatoms. The fourth-order valence-corrected chi connectivity index (χ4v) is 2.44. The normalized spacial score (nSPS) is 15.0. The highest BCUT2D eigenvalue weighted by atomic mass is 16.5. The monoisotopic (exact) mass is 286 g/mol. The topological polar surface area (TPSA) is 63.5 Å². The quantitative estimate of drug-likeness (QED) is 0.887. The second kappa shape index (κ2) is 6.01. The number of nitrogens with one attached hydrogen (secondary N) is 2. The molecule has 2 aromatic rings. The minimum Gasteiger partial charge on any atom is -0.482 e. The average Bonchev–Trinajstić information content (AvgIpc) is 3.01. The van der Waals surface area contributed by atoms with E-state index in [0.29, 0.717) is 5.75 Å². The lowest BCUT2D eigenvalue weighted by Gasteiger charge is -2.22. The summed E-state index contributed by atoms with van der Waals surface area (Å²) in [6.07, 6.45) is 4.44. The Morgan fingerprint density at radius 1 is 1.33 bits per heavy atom. The van der Waals surface area contributed by atoms with Crippen molar-refractivity contribution in [3.63, 3.8) is 0 Å². The fourth-order valence-electron chi connectivity index (χ4n) is 2.44. The molecule has 0 aliphatic carbocycles. The van der Waals surface area contributed by atoms with Gasteiger partial charge in [-0.25, -0.2) is 0 Å². The molecule has 0 spiro atoms. The van der Waals surface area contributed by atoms with Crippen molar-refractivity contribution in [2.75, 3.05) is 18.5 Å². The number of rotatable bonds is 5. The molecule has 0 radical (unpaired) electrons. The van der Waals surface area contributed by atoms with Gasteiger partial charge < -0.3 is 19.8 Å². The number of hydrogen-bond acceptors (Lipinski definition) is 4. The van der Waals surface area contributed by atoms with E-state index in [-0.39, 0.29) is 18.6 Å². The van der Waals surface area contributed by atoms with Gasteiger partial charge in [-0.05, 0) is 36.7 Å². The molecule has 1 aliphatic heterocycles. The van der Waals surface area contributed by atoms with Crippen LogP contribution in [0.4, 0.5) is 5.69 Å². The van der Waals surface area contributed by atoms with Crippen LogP contribution >= 0.6 is 0 Å². The Kier molecular flexibility index (Phi) is 3.92. The van der Waals surface area contributed by atoms with Crippen molar-refractivity contribution in [3.05, 3.63) is 47.9 Å². The number of carbonyl (C=O) groups excluding carboxylic acids is 1. The van der Waals surface area contributed by atoms with E-state index in [1.165, 1.54) is 0 Å². The van der Waals surface area contributed by atoms with Gasteiger partial charge in [0.1, 0.15) is 5.75 Å². The molecular weight excluding hydrogens is 268 g/mol. The van der Waals surface area contributed by atoms with Crippen LogP contribution in [-0.2, 0) is 4.79 Å². The van der Waals surface area contributed by atoms with E-state index < -0.39 is 0 Å². The first-order valence-electron chi connectivity index (χ1n) is 7.10. The first kappa shape index (κ1) is 13.7. The molecule has 0 fully saturated rings. The van der Waals surface area contributed by atoms with Gasteiger partial charge in [-0.15, -0.1) is 0 Å². The summed E-state index contributed by atoms with van der Waals surface area (Å²) >= 11 is 0. The summed E-state index contributed by atoms with van der Waals surface area (Å²) in [5.74, 6) is 0.584. The Labute approximate surface area is 123 Å². The summed E-state index contributed by atoms with van der Waals surface area (Å²) in [6, 6.07) is 7.84. The maximum absolute atomic E-state index is 11.4. The fraction of sp³-hybridized carbons (Fsp3) is 0.312. The molecule has 1 atom stereocenters. The van der Waals surface area contributed by atoms with Crippen LogP contribution in [0.15, 0.2) is 41.2 Å². The molecule has 0 saturated carbocycles. The number of carbonyl (C=O) groups is 1. The molecule has 1 aromatic carbocycles. The summed E-state index contributed by atoms with van der Waals surface area (Å²) in [6.45, 7) is 3.10. The van der Waals surface area contributed by atoms with Gasteiger partial charge in [0.25, 0.3) is 5.91 Å². The van der Waals surface area contributed by atoms with Gasteiger partial charge >= 0.3 is 0 Å². The highest BCUT2D eigenvalue weighted by Gasteiger charge is 2.20. The second-order valence-electron chi connectivity index (χ2n) is 5.04. The maximum Gasteiger partial charge on any atom is 0.262 e. The molecule has 1 amide bonds. The third kappa shape index (κ3) is 2.92. The SMILES string of the molecule is CCCNC(c1ccoc1)c1ccc2c(c1)NC(=O)CO2. The lowest BCUT2D eigenvalue weighted by molar-refractivity contribution is -0.118. The molecule has 1 aromatic heterocycles. The lowest BCUT2D eigenvalue weighted by atomic mass is 10.00. The van der Waals surface area contributed by atoms with Crippen LogP contribution in [0.1, 0.15) is 30.5 Å². The van der Waals surface area contributed by atoms with Crippen LogP contribution in [0.5, 0.6) is 5.75 Å². The number of hydrogen-bond donors (Lipinski definition) is 2. The number of amides is 1. The number of benzene rings is 1. The van der Waals surface area contributed by atoms with E-state index in [2.05, 4.69) is 17.6 Å². The van der Waals surface area contributed by atoms with Crippen LogP contribution in [0, 0.1) is 0 Å². The van der Waals surface area contributed by atoms with E-state index in [9.17, 15) is 4.79 Å². The Bertz CT molecular complexity index is 622. The van der Waals surface area contributed by atoms with E-state index in [1.54, 1.807) is 12.5 Å². The smallest absolute Gasteiger partial charge is 0.262 e. The lowest BCUT2D eigenvalue weighted by Crippen LogP contribution is -2.26. The minimum atomic E-state index is -0.124. The standard InChI is InChI=1S/C16H18N2O3/c1-2-6-17-16(12-5-7-20-9-12)11-3-4-14-13(8-11)18-15(19)10-21-14/h3-5,7-9,16-17H,2,6,10H2,1H3,(H,18,19). The molecule has 1 aliphatic rings. The summed E-state index contributed by atoms with van der Waals surface area (Å²) in [5, 5.41) is 6.33. The van der Waals surface area contributed by atoms with Gasteiger partial charge in [0, 0.05) is 5.56 Å². The predicted molar refractivity (Wildman–Crippen MR) is 79.4 cm³/mol. The Morgan fingerprint density at radius 3 is 3.00 bits per heavy atom. The van der Waals surface area contributed by atoms with Crippen molar-refractivity contribution in [1.29, 1.82) is 0 Å². The second-order valence-corrected chi connectivity index (χ2v) is 5.04.